The Morgan fingerprint density at radius 2 is 1.76 bits per heavy atom. The molecule has 11 heteroatoms. The summed E-state index contributed by atoms with van der Waals surface area (Å²) < 4.78 is 50.7. The van der Waals surface area contributed by atoms with Crippen LogP contribution in [0.2, 0.25) is 0 Å². The number of ether oxygens (including phenoxy) is 1. The molecule has 5 rings (SSSR count). The molecule has 2 saturated heterocycles. The van der Waals surface area contributed by atoms with Gasteiger partial charge in [0.1, 0.15) is 29.3 Å². The van der Waals surface area contributed by atoms with Gasteiger partial charge in [-0.25, -0.2) is 17.6 Å². The lowest BCUT2D eigenvalue weighted by Crippen LogP contribution is -2.51. The zero-order valence-electron chi connectivity index (χ0n) is 21.5. The first kappa shape index (κ1) is 26.3. The number of hydrogen-bond donors (Lipinski definition) is 0. The van der Waals surface area contributed by atoms with Crippen molar-refractivity contribution in [2.24, 2.45) is 0 Å². The van der Waals surface area contributed by atoms with Gasteiger partial charge in [0.25, 0.3) is 0 Å². The molecule has 0 radical (unpaired) electrons. The molecule has 38 heavy (non-hydrogen) atoms. The van der Waals surface area contributed by atoms with E-state index in [0.717, 1.165) is 5.56 Å². The van der Waals surface area contributed by atoms with Gasteiger partial charge < -0.3 is 14.2 Å². The Bertz CT molecular complexity index is 1380. The van der Waals surface area contributed by atoms with E-state index >= 15 is 4.39 Å². The molecule has 0 N–H and O–H groups in total. The molecule has 3 heterocycles. The summed E-state index contributed by atoms with van der Waals surface area (Å²) >= 11 is 0. The van der Waals surface area contributed by atoms with Crippen LogP contribution in [0, 0.1) is 5.82 Å². The van der Waals surface area contributed by atoms with Gasteiger partial charge in [-0.1, -0.05) is 36.4 Å². The molecular formula is C27H32FN5O4S. The molecule has 1 aromatic heterocycles. The maximum absolute atomic E-state index is 15.4. The van der Waals surface area contributed by atoms with E-state index in [1.807, 2.05) is 48.2 Å². The fourth-order valence-corrected chi connectivity index (χ4v) is 7.88. The summed E-state index contributed by atoms with van der Waals surface area (Å²) in [6.45, 7) is 2.87. The fraction of sp³-hybridized carbons (Fsp3) is 0.444. The number of piperidine rings is 1. The van der Waals surface area contributed by atoms with Crippen molar-refractivity contribution in [3.63, 3.8) is 0 Å². The van der Waals surface area contributed by atoms with Crippen molar-refractivity contribution in [1.29, 1.82) is 0 Å². The number of esters is 1. The fourth-order valence-electron chi connectivity index (χ4n) is 5.70. The Hall–Kier alpha value is -3.31. The maximum atomic E-state index is 15.4. The van der Waals surface area contributed by atoms with Gasteiger partial charge >= 0.3 is 5.97 Å². The van der Waals surface area contributed by atoms with E-state index in [1.54, 1.807) is 10.6 Å². The number of aromatic nitrogens is 3. The van der Waals surface area contributed by atoms with E-state index in [9.17, 15) is 13.2 Å². The van der Waals surface area contributed by atoms with E-state index in [1.165, 1.54) is 30.1 Å². The van der Waals surface area contributed by atoms with Crippen LogP contribution < -0.4 is 4.90 Å². The molecule has 2 atom stereocenters. The molecule has 3 aromatic rings. The van der Waals surface area contributed by atoms with Crippen LogP contribution >= 0.6 is 0 Å². The van der Waals surface area contributed by atoms with E-state index in [0.29, 0.717) is 50.0 Å². The Kier molecular flexibility index (Phi) is 7.23. The highest BCUT2D eigenvalue weighted by atomic mass is 32.2. The molecule has 2 fully saturated rings. The quantitative estimate of drug-likeness (QED) is 0.440. The molecule has 2 aliphatic rings. The number of hydrogen-bond acceptors (Lipinski definition) is 7. The van der Waals surface area contributed by atoms with Crippen LogP contribution in [0.25, 0.3) is 0 Å². The Balaban J connectivity index is 1.32. The summed E-state index contributed by atoms with van der Waals surface area (Å²) in [7, 11) is -2.30. The third-order valence-corrected chi connectivity index (χ3v) is 10.4. The van der Waals surface area contributed by atoms with Crippen LogP contribution in [-0.2, 0) is 31.6 Å². The highest BCUT2D eigenvalue weighted by Gasteiger charge is 2.45. The first-order valence-corrected chi connectivity index (χ1v) is 14.3. The topological polar surface area (TPSA) is 97.6 Å². The second kappa shape index (κ2) is 10.5. The van der Waals surface area contributed by atoms with Crippen LogP contribution in [0.1, 0.15) is 49.0 Å². The Morgan fingerprint density at radius 3 is 2.39 bits per heavy atom. The number of sulfonamides is 1. The highest BCUT2D eigenvalue weighted by molar-refractivity contribution is 7.89. The molecule has 0 saturated carbocycles. The molecule has 0 aliphatic carbocycles. The minimum atomic E-state index is -3.66. The highest BCUT2D eigenvalue weighted by Crippen LogP contribution is 2.39. The Labute approximate surface area is 222 Å². The van der Waals surface area contributed by atoms with Gasteiger partial charge in [0.15, 0.2) is 0 Å². The first-order chi connectivity index (χ1) is 18.3. The van der Waals surface area contributed by atoms with Crippen molar-refractivity contribution >= 4 is 21.7 Å². The molecule has 0 amide bonds. The summed E-state index contributed by atoms with van der Waals surface area (Å²) in [6, 6.07) is 13.9. The lowest BCUT2D eigenvalue weighted by atomic mass is 9.87. The summed E-state index contributed by atoms with van der Waals surface area (Å²) in [4.78, 5) is 14.7. The molecule has 2 aromatic carbocycles. The maximum Gasteiger partial charge on any atom is 0.332 e. The number of benzene rings is 2. The largest absolute Gasteiger partial charge is 0.467 e. The Morgan fingerprint density at radius 1 is 1.08 bits per heavy atom. The number of carbonyl (C=O) groups excluding carboxylic acids is 1. The summed E-state index contributed by atoms with van der Waals surface area (Å²) in [5, 5.41) is 7.05. The van der Waals surface area contributed by atoms with Gasteiger partial charge in [-0.05, 0) is 50.3 Å². The monoisotopic (exact) mass is 541 g/mol. The molecule has 202 valence electrons. The summed E-state index contributed by atoms with van der Waals surface area (Å²) in [6.07, 6.45) is 5.18. The van der Waals surface area contributed by atoms with Gasteiger partial charge in [0.05, 0.1) is 7.11 Å². The van der Waals surface area contributed by atoms with Crippen molar-refractivity contribution in [2.45, 2.75) is 56.0 Å². The molecular weight excluding hydrogens is 509 g/mol. The molecule has 1 unspecified atom stereocenters. The lowest BCUT2D eigenvalue weighted by Gasteiger charge is -2.41. The van der Waals surface area contributed by atoms with Gasteiger partial charge in [-0.2, -0.15) is 4.31 Å². The normalized spacial score (nSPS) is 23.2. The number of methoxy groups -OCH3 is 1. The van der Waals surface area contributed by atoms with E-state index < -0.39 is 26.6 Å². The third kappa shape index (κ3) is 4.69. The third-order valence-electron chi connectivity index (χ3n) is 7.99. The van der Waals surface area contributed by atoms with Crippen LogP contribution in [0.5, 0.6) is 0 Å². The second-order valence-electron chi connectivity index (χ2n) is 10.1. The molecule has 0 spiro atoms. The zero-order valence-corrected chi connectivity index (χ0v) is 22.3. The van der Waals surface area contributed by atoms with Crippen molar-refractivity contribution in [2.75, 3.05) is 25.1 Å². The van der Waals surface area contributed by atoms with Crippen LogP contribution in [0.15, 0.2) is 61.2 Å². The number of halogens is 1. The number of rotatable bonds is 6. The van der Waals surface area contributed by atoms with Gasteiger partial charge in [0, 0.05) is 36.9 Å². The lowest BCUT2D eigenvalue weighted by molar-refractivity contribution is -0.152. The minimum Gasteiger partial charge on any atom is -0.467 e. The molecule has 2 aliphatic heterocycles. The average molecular weight is 542 g/mol. The van der Waals surface area contributed by atoms with Gasteiger partial charge in [-0.15, -0.1) is 10.2 Å². The molecule has 0 bridgehead atoms. The number of carbonyl (C=O) groups is 1. The number of anilines is 1. The number of nitrogens with zero attached hydrogens (tertiary/aromatic N) is 5. The minimum absolute atomic E-state index is 0.0158. The zero-order chi connectivity index (χ0) is 26.9. The predicted octanol–water partition coefficient (Wildman–Crippen LogP) is 3.64. The van der Waals surface area contributed by atoms with Crippen LogP contribution in [0.4, 0.5) is 10.1 Å². The van der Waals surface area contributed by atoms with Crippen molar-refractivity contribution in [3.8, 4) is 0 Å². The predicted molar refractivity (Wildman–Crippen MR) is 140 cm³/mol. The SMILES string of the molecule is COC(=O)C1(n2cnnc2)CCN(c2ccc(CN3[C@@H](C)CCC(c4ccccc4)S3(=O)=O)c(F)c2)CC1. The summed E-state index contributed by atoms with van der Waals surface area (Å²) in [5.41, 5.74) is 0.884. The smallest absolute Gasteiger partial charge is 0.332 e. The van der Waals surface area contributed by atoms with E-state index in [4.69, 9.17) is 4.74 Å². The van der Waals surface area contributed by atoms with E-state index in [2.05, 4.69) is 10.2 Å². The van der Waals surface area contributed by atoms with Crippen molar-refractivity contribution in [3.05, 3.63) is 78.1 Å². The summed E-state index contributed by atoms with van der Waals surface area (Å²) in [5.74, 6) is -0.806. The van der Waals surface area contributed by atoms with Crippen molar-refractivity contribution in [1.82, 2.24) is 19.1 Å². The molecule has 9 nitrogen and oxygen atoms in total. The standard InChI is InChI=1S/C27H32FN5O4S/c1-20-8-11-25(21-6-4-3-5-7-21)38(35,36)33(20)17-22-9-10-23(16-24(22)28)31-14-12-27(13-15-31,26(34)37-2)32-18-29-30-19-32/h3-7,9-10,16,18-20,25H,8,11-15,17H2,1-2H3/t20-,25?/m0/s1. The van der Waals surface area contributed by atoms with E-state index in [-0.39, 0.29) is 18.6 Å². The van der Waals surface area contributed by atoms with Gasteiger partial charge in [-0.3, -0.25) is 0 Å². The first-order valence-electron chi connectivity index (χ1n) is 12.8. The van der Waals surface area contributed by atoms with Crippen molar-refractivity contribution < 1.29 is 22.3 Å². The van der Waals surface area contributed by atoms with Crippen LogP contribution in [0.3, 0.4) is 0 Å². The van der Waals surface area contributed by atoms with Crippen LogP contribution in [-0.4, -0.2) is 59.7 Å². The average Bonchev–Trinajstić information content (AvgIpc) is 3.47. The second-order valence-corrected chi connectivity index (χ2v) is 12.1. The van der Waals surface area contributed by atoms with Gasteiger partial charge in [0.2, 0.25) is 10.0 Å².